The fourth-order valence-electron chi connectivity index (χ4n) is 1.59. The van der Waals surface area contributed by atoms with E-state index in [1.54, 1.807) is 0 Å². The van der Waals surface area contributed by atoms with Gasteiger partial charge in [0.2, 0.25) is 0 Å². The largest absolute Gasteiger partial charge is 0.435 e. The Morgan fingerprint density at radius 2 is 1.83 bits per heavy atom. The van der Waals surface area contributed by atoms with Gasteiger partial charge in [-0.2, -0.15) is 18.3 Å². The van der Waals surface area contributed by atoms with Crippen LogP contribution in [0.5, 0.6) is 0 Å². The molecule has 0 aliphatic heterocycles. The van der Waals surface area contributed by atoms with Crippen molar-refractivity contribution in [1.82, 2.24) is 9.78 Å². The van der Waals surface area contributed by atoms with E-state index in [1.807, 2.05) is 30.3 Å². The molecule has 0 saturated heterocycles. The van der Waals surface area contributed by atoms with Gasteiger partial charge in [0.15, 0.2) is 5.69 Å². The quantitative estimate of drug-likeness (QED) is 0.781. The molecule has 0 N–H and O–H groups in total. The van der Waals surface area contributed by atoms with E-state index in [0.717, 1.165) is 11.6 Å². The predicted octanol–water partition coefficient (Wildman–Crippen LogP) is 3.69. The first-order valence-electron chi connectivity index (χ1n) is 5.24. The SMILES string of the molecule is FC(F)(F)c1cc(CCl)n(Cc2ccccc2)n1. The van der Waals surface area contributed by atoms with Gasteiger partial charge in [0, 0.05) is 0 Å². The summed E-state index contributed by atoms with van der Waals surface area (Å²) >= 11 is 5.63. The molecule has 0 radical (unpaired) electrons. The molecular formula is C12H10ClF3N2. The first-order chi connectivity index (χ1) is 8.50. The van der Waals surface area contributed by atoms with Crippen LogP contribution in [0.25, 0.3) is 0 Å². The zero-order valence-electron chi connectivity index (χ0n) is 9.28. The third kappa shape index (κ3) is 2.85. The first kappa shape index (κ1) is 13.0. The summed E-state index contributed by atoms with van der Waals surface area (Å²) in [4.78, 5) is 0. The molecule has 0 aliphatic rings. The van der Waals surface area contributed by atoms with E-state index in [2.05, 4.69) is 5.10 Å². The summed E-state index contributed by atoms with van der Waals surface area (Å²) in [5.74, 6) is -0.00405. The molecule has 1 aromatic heterocycles. The molecule has 0 spiro atoms. The van der Waals surface area contributed by atoms with E-state index >= 15 is 0 Å². The monoisotopic (exact) mass is 274 g/mol. The van der Waals surface area contributed by atoms with E-state index in [0.29, 0.717) is 5.69 Å². The van der Waals surface area contributed by atoms with E-state index in [1.165, 1.54) is 4.68 Å². The van der Waals surface area contributed by atoms with E-state index in [9.17, 15) is 13.2 Å². The molecule has 0 fully saturated rings. The van der Waals surface area contributed by atoms with Crippen molar-refractivity contribution in [3.8, 4) is 0 Å². The van der Waals surface area contributed by atoms with Gasteiger partial charge in [-0.25, -0.2) is 0 Å². The highest BCUT2D eigenvalue weighted by atomic mass is 35.5. The van der Waals surface area contributed by atoms with E-state index in [4.69, 9.17) is 11.6 Å². The molecule has 0 amide bonds. The highest BCUT2D eigenvalue weighted by molar-refractivity contribution is 6.16. The molecular weight excluding hydrogens is 265 g/mol. The molecule has 2 aromatic rings. The van der Waals surface area contributed by atoms with Crippen molar-refractivity contribution in [3.63, 3.8) is 0 Å². The standard InChI is InChI=1S/C12H10ClF3N2/c13-7-10-6-11(12(14,15)16)17-18(10)8-9-4-2-1-3-5-9/h1-6H,7-8H2. The summed E-state index contributed by atoms with van der Waals surface area (Å²) in [6.45, 7) is 0.277. The summed E-state index contributed by atoms with van der Waals surface area (Å²) in [7, 11) is 0. The molecule has 1 aromatic carbocycles. The number of aromatic nitrogens is 2. The van der Waals surface area contributed by atoms with E-state index < -0.39 is 11.9 Å². The van der Waals surface area contributed by atoms with Gasteiger partial charge in [0.1, 0.15) is 0 Å². The molecule has 0 bridgehead atoms. The second kappa shape index (κ2) is 5.02. The lowest BCUT2D eigenvalue weighted by Gasteiger charge is -2.05. The van der Waals surface area contributed by atoms with Crippen LogP contribution in [0, 0.1) is 0 Å². The summed E-state index contributed by atoms with van der Waals surface area (Å²) in [5.41, 5.74) is 0.322. The second-order valence-electron chi connectivity index (χ2n) is 3.80. The van der Waals surface area contributed by atoms with Gasteiger partial charge in [-0.3, -0.25) is 4.68 Å². The van der Waals surface area contributed by atoms with Crippen molar-refractivity contribution in [2.24, 2.45) is 0 Å². The highest BCUT2D eigenvalue weighted by Crippen LogP contribution is 2.29. The summed E-state index contributed by atoms with van der Waals surface area (Å²) < 4.78 is 38.9. The summed E-state index contributed by atoms with van der Waals surface area (Å²) in [6, 6.07) is 10.1. The molecule has 1 heterocycles. The van der Waals surface area contributed by atoms with Crippen LogP contribution in [0.4, 0.5) is 13.2 Å². The molecule has 96 valence electrons. The van der Waals surface area contributed by atoms with E-state index in [-0.39, 0.29) is 12.4 Å². The maximum Gasteiger partial charge on any atom is 0.435 e. The number of benzene rings is 1. The van der Waals surface area contributed by atoms with Gasteiger partial charge in [-0.1, -0.05) is 30.3 Å². The predicted molar refractivity (Wildman–Crippen MR) is 62.3 cm³/mol. The van der Waals surface area contributed by atoms with Crippen molar-refractivity contribution >= 4 is 11.6 Å². The van der Waals surface area contributed by atoms with Crippen LogP contribution in [0.1, 0.15) is 17.0 Å². The minimum absolute atomic E-state index is 0.00405. The maximum atomic E-state index is 12.5. The first-order valence-corrected chi connectivity index (χ1v) is 5.78. The fourth-order valence-corrected chi connectivity index (χ4v) is 1.81. The zero-order valence-corrected chi connectivity index (χ0v) is 10.0. The minimum Gasteiger partial charge on any atom is -0.263 e. The zero-order chi connectivity index (χ0) is 13.2. The number of hydrogen-bond donors (Lipinski definition) is 0. The Kier molecular flexibility index (Phi) is 3.61. The highest BCUT2D eigenvalue weighted by Gasteiger charge is 2.34. The number of hydrogen-bond acceptors (Lipinski definition) is 1. The lowest BCUT2D eigenvalue weighted by Crippen LogP contribution is -2.09. The summed E-state index contributed by atoms with van der Waals surface area (Å²) in [6.07, 6.45) is -4.44. The number of rotatable bonds is 3. The molecule has 0 atom stereocenters. The topological polar surface area (TPSA) is 17.8 Å². The average molecular weight is 275 g/mol. The average Bonchev–Trinajstić information content (AvgIpc) is 2.73. The Bertz CT molecular complexity index is 520. The van der Waals surface area contributed by atoms with Crippen LogP contribution in [0.2, 0.25) is 0 Å². The van der Waals surface area contributed by atoms with Crippen molar-refractivity contribution in [2.45, 2.75) is 18.6 Å². The van der Waals surface area contributed by atoms with Gasteiger partial charge >= 0.3 is 6.18 Å². The van der Waals surface area contributed by atoms with Gasteiger partial charge in [-0.15, -0.1) is 11.6 Å². The van der Waals surface area contributed by atoms with Crippen LogP contribution in [0.15, 0.2) is 36.4 Å². The molecule has 18 heavy (non-hydrogen) atoms. The van der Waals surface area contributed by atoms with Crippen LogP contribution in [0.3, 0.4) is 0 Å². The Morgan fingerprint density at radius 3 is 2.39 bits per heavy atom. The molecule has 2 rings (SSSR count). The molecule has 0 unspecified atom stereocenters. The Labute approximate surface area is 107 Å². The minimum atomic E-state index is -4.44. The Balaban J connectivity index is 2.30. The molecule has 0 aliphatic carbocycles. The third-order valence-corrected chi connectivity index (χ3v) is 2.74. The van der Waals surface area contributed by atoms with Crippen LogP contribution < -0.4 is 0 Å². The number of alkyl halides is 4. The lowest BCUT2D eigenvalue weighted by molar-refractivity contribution is -0.141. The second-order valence-corrected chi connectivity index (χ2v) is 4.06. The van der Waals surface area contributed by atoms with Gasteiger partial charge < -0.3 is 0 Å². The lowest BCUT2D eigenvalue weighted by atomic mass is 10.2. The molecule has 2 nitrogen and oxygen atoms in total. The molecule has 6 heteroatoms. The Hall–Kier alpha value is -1.49. The van der Waals surface area contributed by atoms with Gasteiger partial charge in [0.25, 0.3) is 0 Å². The normalized spacial score (nSPS) is 11.8. The molecule has 0 saturated carbocycles. The van der Waals surface area contributed by atoms with Crippen molar-refractivity contribution in [2.75, 3.05) is 0 Å². The van der Waals surface area contributed by atoms with Crippen LogP contribution in [-0.4, -0.2) is 9.78 Å². The van der Waals surface area contributed by atoms with Gasteiger partial charge in [0.05, 0.1) is 18.1 Å². The van der Waals surface area contributed by atoms with Crippen molar-refractivity contribution < 1.29 is 13.2 Å². The maximum absolute atomic E-state index is 12.5. The fraction of sp³-hybridized carbons (Fsp3) is 0.250. The van der Waals surface area contributed by atoms with Crippen molar-refractivity contribution in [1.29, 1.82) is 0 Å². The van der Waals surface area contributed by atoms with Crippen LogP contribution >= 0.6 is 11.6 Å². The third-order valence-electron chi connectivity index (χ3n) is 2.47. The van der Waals surface area contributed by atoms with Crippen molar-refractivity contribution in [3.05, 3.63) is 53.3 Å². The number of nitrogens with zero attached hydrogens (tertiary/aromatic N) is 2. The van der Waals surface area contributed by atoms with Crippen LogP contribution in [-0.2, 0) is 18.6 Å². The Morgan fingerprint density at radius 1 is 1.17 bits per heavy atom. The summed E-state index contributed by atoms with van der Waals surface area (Å²) in [5, 5.41) is 3.55. The smallest absolute Gasteiger partial charge is 0.263 e. The van der Waals surface area contributed by atoms with Gasteiger partial charge in [-0.05, 0) is 11.6 Å². The number of halogens is 4.